The number of nitrogens with zero attached hydrogens (tertiary/aromatic N) is 2. The summed E-state index contributed by atoms with van der Waals surface area (Å²) in [7, 11) is 1.63. The molecule has 1 aliphatic rings. The lowest BCUT2D eigenvalue weighted by molar-refractivity contribution is -0.145. The Hall–Kier alpha value is -1.92. The number of anilines is 1. The van der Waals surface area contributed by atoms with Crippen LogP contribution < -0.4 is 10.8 Å². The van der Waals surface area contributed by atoms with Crippen molar-refractivity contribution in [2.45, 2.75) is 6.42 Å². The van der Waals surface area contributed by atoms with E-state index >= 15 is 0 Å². The van der Waals surface area contributed by atoms with E-state index in [1.54, 1.807) is 7.05 Å². The van der Waals surface area contributed by atoms with E-state index in [1.807, 2.05) is 24.3 Å². The Morgan fingerprint density at radius 3 is 2.68 bits per heavy atom. The van der Waals surface area contributed by atoms with Crippen molar-refractivity contribution in [3.05, 3.63) is 29.8 Å². The summed E-state index contributed by atoms with van der Waals surface area (Å²) >= 11 is 0. The molecular formula is C13H17N3O3. The van der Waals surface area contributed by atoms with E-state index in [-0.39, 0.29) is 0 Å². The van der Waals surface area contributed by atoms with Gasteiger partial charge in [-0.15, -0.1) is 0 Å². The lowest BCUT2D eigenvalue weighted by Crippen LogP contribution is -2.53. The number of carbonyl (C=O) groups excluding carboxylic acids is 2. The van der Waals surface area contributed by atoms with Gasteiger partial charge in [0.2, 0.25) is 0 Å². The Morgan fingerprint density at radius 1 is 1.21 bits per heavy atom. The lowest BCUT2D eigenvalue weighted by Gasteiger charge is -2.32. The van der Waals surface area contributed by atoms with Crippen molar-refractivity contribution in [3.63, 3.8) is 0 Å². The van der Waals surface area contributed by atoms with E-state index in [0.717, 1.165) is 11.3 Å². The van der Waals surface area contributed by atoms with Crippen LogP contribution in [0.1, 0.15) is 5.56 Å². The van der Waals surface area contributed by atoms with Crippen molar-refractivity contribution in [2.24, 2.45) is 5.90 Å². The van der Waals surface area contributed by atoms with E-state index in [2.05, 4.69) is 4.84 Å². The number of amides is 2. The van der Waals surface area contributed by atoms with Gasteiger partial charge in [0.25, 0.3) is 0 Å². The van der Waals surface area contributed by atoms with Gasteiger partial charge in [0, 0.05) is 25.8 Å². The number of rotatable bonds is 4. The Kier molecular flexibility index (Phi) is 4.13. The lowest BCUT2D eigenvalue weighted by atomic mass is 10.1. The fourth-order valence-electron chi connectivity index (χ4n) is 2.12. The summed E-state index contributed by atoms with van der Waals surface area (Å²) in [5.41, 5.74) is 1.70. The maximum Gasteiger partial charge on any atom is 0.316 e. The van der Waals surface area contributed by atoms with E-state index in [9.17, 15) is 9.59 Å². The normalized spacial score (nSPS) is 16.1. The van der Waals surface area contributed by atoms with E-state index in [4.69, 9.17) is 5.90 Å². The van der Waals surface area contributed by atoms with Crippen LogP contribution in [0.3, 0.4) is 0 Å². The highest BCUT2D eigenvalue weighted by atomic mass is 16.6. The maximum atomic E-state index is 12.0. The van der Waals surface area contributed by atoms with Gasteiger partial charge >= 0.3 is 11.8 Å². The molecule has 1 fully saturated rings. The van der Waals surface area contributed by atoms with Crippen molar-refractivity contribution in [1.29, 1.82) is 0 Å². The second-order valence-electron chi connectivity index (χ2n) is 4.43. The summed E-state index contributed by atoms with van der Waals surface area (Å²) in [5.74, 6) is 4.06. The Balaban J connectivity index is 2.26. The molecule has 1 aliphatic heterocycles. The minimum absolute atomic E-state index is 0.368. The summed E-state index contributed by atoms with van der Waals surface area (Å²) in [6, 6.07) is 7.47. The number of nitrogens with two attached hydrogens (primary N) is 1. The minimum Gasteiger partial charge on any atom is -0.336 e. The molecule has 1 saturated heterocycles. The van der Waals surface area contributed by atoms with Crippen molar-refractivity contribution in [2.75, 3.05) is 31.6 Å². The van der Waals surface area contributed by atoms with Crippen LogP contribution in [0, 0.1) is 0 Å². The molecule has 1 aromatic rings. The first-order chi connectivity index (χ1) is 9.15. The molecule has 0 bridgehead atoms. The van der Waals surface area contributed by atoms with Gasteiger partial charge in [-0.1, -0.05) is 18.2 Å². The van der Waals surface area contributed by atoms with Crippen molar-refractivity contribution in [1.82, 2.24) is 4.90 Å². The standard InChI is InChI=1S/C13H17N3O3/c1-15-7-8-16(13(18)12(15)17)11-5-3-2-4-10(11)6-9-19-14/h2-5H,6-9,14H2,1H3. The molecular weight excluding hydrogens is 246 g/mol. The second kappa shape index (κ2) is 5.81. The number of carbonyl (C=O) groups is 2. The van der Waals surface area contributed by atoms with Gasteiger partial charge in [-0.05, 0) is 18.1 Å². The third-order valence-corrected chi connectivity index (χ3v) is 3.21. The van der Waals surface area contributed by atoms with Gasteiger partial charge in [0.1, 0.15) is 0 Å². The topological polar surface area (TPSA) is 75.9 Å². The molecule has 0 unspecified atom stereocenters. The van der Waals surface area contributed by atoms with Gasteiger partial charge in [0.15, 0.2) is 0 Å². The van der Waals surface area contributed by atoms with Crippen LogP contribution in [0.2, 0.25) is 0 Å². The monoisotopic (exact) mass is 263 g/mol. The highest BCUT2D eigenvalue weighted by Crippen LogP contribution is 2.23. The Labute approximate surface area is 111 Å². The van der Waals surface area contributed by atoms with Crippen LogP contribution in [-0.4, -0.2) is 43.5 Å². The average molecular weight is 263 g/mol. The highest BCUT2D eigenvalue weighted by Gasteiger charge is 2.31. The molecule has 19 heavy (non-hydrogen) atoms. The molecule has 0 aliphatic carbocycles. The van der Waals surface area contributed by atoms with Crippen molar-refractivity contribution < 1.29 is 14.4 Å². The summed E-state index contributed by atoms with van der Waals surface area (Å²) in [6.45, 7) is 1.40. The number of hydrogen-bond donors (Lipinski definition) is 1. The first kappa shape index (κ1) is 13.5. The largest absolute Gasteiger partial charge is 0.336 e. The molecule has 1 aromatic carbocycles. The number of benzene rings is 1. The molecule has 2 amide bonds. The van der Waals surface area contributed by atoms with Gasteiger partial charge in [-0.3, -0.25) is 9.59 Å². The molecule has 0 aromatic heterocycles. The summed E-state index contributed by atoms with van der Waals surface area (Å²) < 4.78 is 0. The fourth-order valence-corrected chi connectivity index (χ4v) is 2.12. The Morgan fingerprint density at radius 2 is 1.95 bits per heavy atom. The van der Waals surface area contributed by atoms with Crippen LogP contribution in [0.5, 0.6) is 0 Å². The van der Waals surface area contributed by atoms with Crippen LogP contribution in [-0.2, 0) is 20.8 Å². The van der Waals surface area contributed by atoms with Crippen LogP contribution in [0.25, 0.3) is 0 Å². The SMILES string of the molecule is CN1CCN(c2ccccc2CCON)C(=O)C1=O. The minimum atomic E-state index is -0.491. The zero-order valence-corrected chi connectivity index (χ0v) is 10.8. The maximum absolute atomic E-state index is 12.0. The number of para-hydroxylation sites is 1. The zero-order chi connectivity index (χ0) is 13.8. The molecule has 0 radical (unpaired) electrons. The van der Waals surface area contributed by atoms with E-state index in [1.165, 1.54) is 9.80 Å². The quantitative estimate of drug-likeness (QED) is 0.609. The predicted octanol–water partition coefficient (Wildman–Crippen LogP) is -0.0756. The first-order valence-corrected chi connectivity index (χ1v) is 6.11. The molecule has 0 atom stereocenters. The zero-order valence-electron chi connectivity index (χ0n) is 10.8. The van der Waals surface area contributed by atoms with Crippen molar-refractivity contribution >= 4 is 17.5 Å². The molecule has 0 spiro atoms. The molecule has 0 saturated carbocycles. The van der Waals surface area contributed by atoms with E-state index < -0.39 is 11.8 Å². The second-order valence-corrected chi connectivity index (χ2v) is 4.43. The van der Waals surface area contributed by atoms with Crippen LogP contribution in [0.4, 0.5) is 5.69 Å². The highest BCUT2D eigenvalue weighted by molar-refractivity contribution is 6.41. The van der Waals surface area contributed by atoms with Crippen LogP contribution in [0.15, 0.2) is 24.3 Å². The summed E-state index contributed by atoms with van der Waals surface area (Å²) in [4.78, 5) is 31.3. The fraction of sp³-hybridized carbons (Fsp3) is 0.385. The Bertz CT molecular complexity index is 490. The van der Waals surface area contributed by atoms with Crippen LogP contribution >= 0.6 is 0 Å². The smallest absolute Gasteiger partial charge is 0.316 e. The molecule has 102 valence electrons. The number of likely N-dealkylation sites (N-methyl/N-ethyl adjacent to an activating group) is 1. The third kappa shape index (κ3) is 2.74. The summed E-state index contributed by atoms with van der Waals surface area (Å²) in [5, 5.41) is 0. The molecule has 2 N–H and O–H groups in total. The summed E-state index contributed by atoms with van der Waals surface area (Å²) in [6.07, 6.45) is 0.598. The molecule has 2 rings (SSSR count). The molecule has 1 heterocycles. The molecule has 6 heteroatoms. The average Bonchev–Trinajstić information content (AvgIpc) is 2.43. The molecule has 6 nitrogen and oxygen atoms in total. The van der Waals surface area contributed by atoms with E-state index in [0.29, 0.717) is 26.1 Å². The van der Waals surface area contributed by atoms with Gasteiger partial charge in [0.05, 0.1) is 6.61 Å². The number of hydrogen-bond acceptors (Lipinski definition) is 4. The predicted molar refractivity (Wildman–Crippen MR) is 70.3 cm³/mol. The number of piperazine rings is 1. The van der Waals surface area contributed by atoms with Gasteiger partial charge in [-0.2, -0.15) is 0 Å². The first-order valence-electron chi connectivity index (χ1n) is 6.11. The van der Waals surface area contributed by atoms with Crippen molar-refractivity contribution in [3.8, 4) is 0 Å². The van der Waals surface area contributed by atoms with Gasteiger partial charge < -0.3 is 14.6 Å². The third-order valence-electron chi connectivity index (χ3n) is 3.21. The van der Waals surface area contributed by atoms with Gasteiger partial charge in [-0.25, -0.2) is 5.90 Å².